The maximum Gasteiger partial charge on any atom is 0.221 e. The van der Waals surface area contributed by atoms with E-state index in [1.807, 2.05) is 0 Å². The molecule has 0 fully saturated rings. The summed E-state index contributed by atoms with van der Waals surface area (Å²) in [5, 5.41) is 6.28. The van der Waals surface area contributed by atoms with Crippen molar-refractivity contribution in [2.24, 2.45) is 5.92 Å². The molecule has 0 radical (unpaired) electrons. The standard InChI is InChI=1S/C17H28N2O/c1-12(2)10-19-17(20)6-7-18-11-16-9-14(4)13(3)8-15(16)5/h8-9,12,18H,6-7,10-11H2,1-5H3,(H,19,20). The van der Waals surface area contributed by atoms with E-state index in [2.05, 4.69) is 57.4 Å². The molecule has 3 heteroatoms. The Kier molecular flexibility index (Phi) is 6.73. The van der Waals surface area contributed by atoms with Gasteiger partial charge in [0.1, 0.15) is 0 Å². The third-order valence-electron chi connectivity index (χ3n) is 3.50. The summed E-state index contributed by atoms with van der Waals surface area (Å²) >= 11 is 0. The van der Waals surface area contributed by atoms with Crippen LogP contribution in [0.25, 0.3) is 0 Å². The molecule has 0 aliphatic heterocycles. The Balaban J connectivity index is 2.31. The molecule has 0 spiro atoms. The molecule has 3 nitrogen and oxygen atoms in total. The lowest BCUT2D eigenvalue weighted by Crippen LogP contribution is -2.30. The average Bonchev–Trinajstić information content (AvgIpc) is 2.37. The fraction of sp³-hybridized carbons (Fsp3) is 0.588. The summed E-state index contributed by atoms with van der Waals surface area (Å²) in [4.78, 5) is 11.6. The molecule has 0 atom stereocenters. The predicted octanol–water partition coefficient (Wildman–Crippen LogP) is 2.86. The molecule has 0 saturated carbocycles. The van der Waals surface area contributed by atoms with Gasteiger partial charge in [-0.25, -0.2) is 0 Å². The lowest BCUT2D eigenvalue weighted by atomic mass is 10.0. The summed E-state index contributed by atoms with van der Waals surface area (Å²) in [6.45, 7) is 12.9. The van der Waals surface area contributed by atoms with Crippen molar-refractivity contribution >= 4 is 5.91 Å². The van der Waals surface area contributed by atoms with Crippen LogP contribution in [-0.4, -0.2) is 19.0 Å². The highest BCUT2D eigenvalue weighted by molar-refractivity contribution is 5.76. The molecule has 0 saturated heterocycles. The zero-order valence-electron chi connectivity index (χ0n) is 13.5. The Bertz CT molecular complexity index is 453. The van der Waals surface area contributed by atoms with Crippen molar-refractivity contribution in [1.29, 1.82) is 0 Å². The number of aryl methyl sites for hydroxylation is 3. The number of nitrogens with one attached hydrogen (secondary N) is 2. The first-order chi connectivity index (χ1) is 9.40. The zero-order valence-corrected chi connectivity index (χ0v) is 13.5. The van der Waals surface area contributed by atoms with Crippen molar-refractivity contribution in [1.82, 2.24) is 10.6 Å². The minimum atomic E-state index is 0.128. The average molecular weight is 276 g/mol. The predicted molar refractivity (Wildman–Crippen MR) is 84.8 cm³/mol. The van der Waals surface area contributed by atoms with E-state index in [1.165, 1.54) is 22.3 Å². The highest BCUT2D eigenvalue weighted by Gasteiger charge is 2.04. The van der Waals surface area contributed by atoms with Crippen LogP contribution in [0.4, 0.5) is 0 Å². The van der Waals surface area contributed by atoms with Gasteiger partial charge >= 0.3 is 0 Å². The van der Waals surface area contributed by atoms with Crippen molar-refractivity contribution in [3.8, 4) is 0 Å². The minimum absolute atomic E-state index is 0.128. The normalized spacial score (nSPS) is 10.9. The summed E-state index contributed by atoms with van der Waals surface area (Å²) < 4.78 is 0. The molecule has 0 heterocycles. The number of hydrogen-bond donors (Lipinski definition) is 2. The Morgan fingerprint density at radius 2 is 1.75 bits per heavy atom. The minimum Gasteiger partial charge on any atom is -0.356 e. The van der Waals surface area contributed by atoms with Crippen LogP contribution < -0.4 is 10.6 Å². The molecule has 0 unspecified atom stereocenters. The van der Waals surface area contributed by atoms with Gasteiger partial charge in [0.25, 0.3) is 0 Å². The van der Waals surface area contributed by atoms with E-state index >= 15 is 0 Å². The number of hydrogen-bond acceptors (Lipinski definition) is 2. The van der Waals surface area contributed by atoms with E-state index in [-0.39, 0.29) is 5.91 Å². The molecule has 1 aromatic carbocycles. The maximum atomic E-state index is 11.6. The molecule has 0 aliphatic carbocycles. The van der Waals surface area contributed by atoms with Crippen LogP contribution in [0.2, 0.25) is 0 Å². The Labute approximate surface area is 123 Å². The second kappa shape index (κ2) is 8.05. The van der Waals surface area contributed by atoms with Gasteiger partial charge in [-0.15, -0.1) is 0 Å². The van der Waals surface area contributed by atoms with Crippen molar-refractivity contribution < 1.29 is 4.79 Å². The van der Waals surface area contributed by atoms with E-state index < -0.39 is 0 Å². The van der Waals surface area contributed by atoms with Crippen LogP contribution in [0, 0.1) is 26.7 Å². The summed E-state index contributed by atoms with van der Waals surface area (Å²) in [5.41, 5.74) is 5.28. The van der Waals surface area contributed by atoms with E-state index in [9.17, 15) is 4.79 Å². The Morgan fingerprint density at radius 3 is 2.40 bits per heavy atom. The van der Waals surface area contributed by atoms with Crippen LogP contribution >= 0.6 is 0 Å². The summed E-state index contributed by atoms with van der Waals surface area (Å²) in [5.74, 6) is 0.633. The number of carbonyl (C=O) groups is 1. The van der Waals surface area contributed by atoms with Gasteiger partial charge in [-0.2, -0.15) is 0 Å². The highest BCUT2D eigenvalue weighted by atomic mass is 16.1. The summed E-state index contributed by atoms with van der Waals surface area (Å²) in [6, 6.07) is 4.46. The fourth-order valence-corrected chi connectivity index (χ4v) is 2.04. The topological polar surface area (TPSA) is 41.1 Å². The maximum absolute atomic E-state index is 11.6. The third kappa shape index (κ3) is 5.74. The van der Waals surface area contributed by atoms with E-state index in [0.717, 1.165) is 19.6 Å². The summed E-state index contributed by atoms with van der Waals surface area (Å²) in [6.07, 6.45) is 0.538. The first-order valence-corrected chi connectivity index (χ1v) is 7.44. The van der Waals surface area contributed by atoms with Gasteiger partial charge in [-0.1, -0.05) is 26.0 Å². The van der Waals surface area contributed by atoms with Crippen molar-refractivity contribution in [2.75, 3.05) is 13.1 Å². The quantitative estimate of drug-likeness (QED) is 0.752. The number of benzene rings is 1. The van der Waals surface area contributed by atoms with Crippen LogP contribution in [0.1, 0.15) is 42.5 Å². The molecular weight excluding hydrogens is 248 g/mol. The van der Waals surface area contributed by atoms with E-state index in [4.69, 9.17) is 0 Å². The van der Waals surface area contributed by atoms with Crippen molar-refractivity contribution in [2.45, 2.75) is 47.6 Å². The Morgan fingerprint density at radius 1 is 1.10 bits per heavy atom. The lowest BCUT2D eigenvalue weighted by Gasteiger charge is -2.11. The molecule has 0 bridgehead atoms. The molecule has 112 valence electrons. The van der Waals surface area contributed by atoms with Crippen LogP contribution in [0.3, 0.4) is 0 Å². The van der Waals surface area contributed by atoms with Gasteiger partial charge in [0.2, 0.25) is 5.91 Å². The fourth-order valence-electron chi connectivity index (χ4n) is 2.04. The van der Waals surface area contributed by atoms with Crippen LogP contribution in [0.5, 0.6) is 0 Å². The van der Waals surface area contributed by atoms with Crippen LogP contribution in [-0.2, 0) is 11.3 Å². The first kappa shape index (κ1) is 16.7. The van der Waals surface area contributed by atoms with Crippen molar-refractivity contribution in [3.63, 3.8) is 0 Å². The number of amides is 1. The van der Waals surface area contributed by atoms with E-state index in [1.54, 1.807) is 0 Å². The molecule has 0 aromatic heterocycles. The Hall–Kier alpha value is -1.35. The molecule has 20 heavy (non-hydrogen) atoms. The number of carbonyl (C=O) groups excluding carboxylic acids is 1. The molecule has 1 aromatic rings. The first-order valence-electron chi connectivity index (χ1n) is 7.44. The third-order valence-corrected chi connectivity index (χ3v) is 3.50. The molecule has 0 aliphatic rings. The summed E-state index contributed by atoms with van der Waals surface area (Å²) in [7, 11) is 0. The smallest absolute Gasteiger partial charge is 0.221 e. The molecular formula is C17H28N2O. The molecule has 2 N–H and O–H groups in total. The lowest BCUT2D eigenvalue weighted by molar-refractivity contribution is -0.121. The zero-order chi connectivity index (χ0) is 15.1. The van der Waals surface area contributed by atoms with Gasteiger partial charge in [0, 0.05) is 26.1 Å². The number of rotatable bonds is 7. The van der Waals surface area contributed by atoms with E-state index in [0.29, 0.717) is 12.3 Å². The SMILES string of the molecule is Cc1cc(C)c(CNCCC(=O)NCC(C)C)cc1C. The van der Waals surface area contributed by atoms with Crippen LogP contribution in [0.15, 0.2) is 12.1 Å². The van der Waals surface area contributed by atoms with Gasteiger partial charge in [-0.3, -0.25) is 4.79 Å². The monoisotopic (exact) mass is 276 g/mol. The van der Waals surface area contributed by atoms with Gasteiger partial charge in [0.05, 0.1) is 0 Å². The van der Waals surface area contributed by atoms with Gasteiger partial charge in [0.15, 0.2) is 0 Å². The second-order valence-corrected chi connectivity index (χ2v) is 5.99. The molecule has 1 amide bonds. The molecule has 1 rings (SSSR count). The second-order valence-electron chi connectivity index (χ2n) is 5.99. The van der Waals surface area contributed by atoms with Gasteiger partial charge < -0.3 is 10.6 Å². The van der Waals surface area contributed by atoms with Crippen molar-refractivity contribution in [3.05, 3.63) is 34.4 Å². The highest BCUT2D eigenvalue weighted by Crippen LogP contribution is 2.14. The largest absolute Gasteiger partial charge is 0.356 e. The van der Waals surface area contributed by atoms with Gasteiger partial charge in [-0.05, 0) is 48.9 Å².